The van der Waals surface area contributed by atoms with E-state index in [1.54, 1.807) is 7.11 Å². The van der Waals surface area contributed by atoms with E-state index in [9.17, 15) is 0 Å². The minimum Gasteiger partial charge on any atom is -0.383 e. The number of nitrogens with two attached hydrogens (primary N) is 1. The number of hydrogen-bond acceptors (Lipinski definition) is 4. The lowest BCUT2D eigenvalue weighted by atomic mass is 10.3. The third-order valence-electron chi connectivity index (χ3n) is 3.08. The maximum absolute atomic E-state index is 5.79. The Morgan fingerprint density at radius 2 is 2.10 bits per heavy atom. The van der Waals surface area contributed by atoms with E-state index in [4.69, 9.17) is 15.2 Å². The Morgan fingerprint density at radius 1 is 1.40 bits per heavy atom. The predicted octanol–water partition coefficient (Wildman–Crippen LogP) is 0.656. The molecule has 1 heterocycles. The molecule has 3 N–H and O–H groups in total. The highest BCUT2D eigenvalue weighted by Gasteiger charge is 2.08. The minimum atomic E-state index is 0. The Hall–Kier alpha value is -0.120. The van der Waals surface area contributed by atoms with Gasteiger partial charge in [0.25, 0.3) is 0 Å². The van der Waals surface area contributed by atoms with Crippen LogP contribution in [0.4, 0.5) is 0 Å². The molecule has 1 atom stereocenters. The number of guanidine groups is 1. The van der Waals surface area contributed by atoms with Crippen molar-refractivity contribution in [1.82, 2.24) is 10.2 Å². The highest BCUT2D eigenvalue weighted by molar-refractivity contribution is 14.0. The maximum atomic E-state index is 5.79. The van der Waals surface area contributed by atoms with E-state index in [0.717, 1.165) is 52.2 Å². The molecule has 0 radical (unpaired) electrons. The van der Waals surface area contributed by atoms with Crippen molar-refractivity contribution in [1.29, 1.82) is 0 Å². The van der Waals surface area contributed by atoms with Gasteiger partial charge in [0.1, 0.15) is 0 Å². The van der Waals surface area contributed by atoms with E-state index in [-0.39, 0.29) is 30.0 Å². The van der Waals surface area contributed by atoms with Gasteiger partial charge in [0.05, 0.1) is 19.8 Å². The summed E-state index contributed by atoms with van der Waals surface area (Å²) in [7, 11) is 1.68. The fraction of sp³-hybridized carbons (Fsp3) is 0.923. The number of rotatable bonds is 8. The zero-order valence-electron chi connectivity index (χ0n) is 12.6. The summed E-state index contributed by atoms with van der Waals surface area (Å²) in [6.07, 6.45) is 2.23. The van der Waals surface area contributed by atoms with E-state index in [1.807, 2.05) is 6.92 Å². The maximum Gasteiger partial charge on any atom is 0.188 e. The van der Waals surface area contributed by atoms with Gasteiger partial charge in [-0.2, -0.15) is 0 Å². The van der Waals surface area contributed by atoms with Gasteiger partial charge in [-0.15, -0.1) is 24.0 Å². The van der Waals surface area contributed by atoms with E-state index in [0.29, 0.717) is 12.6 Å². The number of nitrogens with zero attached hydrogens (tertiary/aromatic N) is 2. The van der Waals surface area contributed by atoms with Crippen molar-refractivity contribution in [3.8, 4) is 0 Å². The Morgan fingerprint density at radius 3 is 2.75 bits per heavy atom. The SMILES string of the molecule is COCC(C)NC(N)=NCCCCN1CCOCC1.I. The molecule has 0 saturated carbocycles. The molecule has 0 aromatic carbocycles. The van der Waals surface area contributed by atoms with E-state index >= 15 is 0 Å². The Kier molecular flexibility index (Phi) is 12.5. The summed E-state index contributed by atoms with van der Waals surface area (Å²) >= 11 is 0. The molecule has 0 aromatic heterocycles. The lowest BCUT2D eigenvalue weighted by Gasteiger charge is -2.26. The van der Waals surface area contributed by atoms with Crippen LogP contribution in [0.5, 0.6) is 0 Å². The first kappa shape index (κ1) is 19.9. The molecular weight excluding hydrogens is 371 g/mol. The lowest BCUT2D eigenvalue weighted by Crippen LogP contribution is -2.40. The average molecular weight is 400 g/mol. The number of hydrogen-bond donors (Lipinski definition) is 2. The molecule has 1 fully saturated rings. The molecule has 0 spiro atoms. The molecular formula is C13H29IN4O2. The number of aliphatic imine (C=N–C) groups is 1. The molecule has 1 rings (SSSR count). The van der Waals surface area contributed by atoms with Crippen LogP contribution >= 0.6 is 24.0 Å². The zero-order chi connectivity index (χ0) is 13.9. The summed E-state index contributed by atoms with van der Waals surface area (Å²) in [4.78, 5) is 6.75. The normalized spacial score (nSPS) is 18.4. The first-order chi connectivity index (χ1) is 9.22. The zero-order valence-corrected chi connectivity index (χ0v) is 15.0. The van der Waals surface area contributed by atoms with Gasteiger partial charge in [0.15, 0.2) is 5.96 Å². The van der Waals surface area contributed by atoms with E-state index in [2.05, 4.69) is 15.2 Å². The van der Waals surface area contributed by atoms with Crippen LogP contribution in [0.1, 0.15) is 19.8 Å². The van der Waals surface area contributed by atoms with Crippen LogP contribution in [-0.4, -0.2) is 70.0 Å². The third kappa shape index (κ3) is 9.73. The largest absolute Gasteiger partial charge is 0.383 e. The number of unbranched alkanes of at least 4 members (excludes halogenated alkanes) is 1. The smallest absolute Gasteiger partial charge is 0.188 e. The summed E-state index contributed by atoms with van der Waals surface area (Å²) in [5.41, 5.74) is 5.79. The van der Waals surface area contributed by atoms with Crippen LogP contribution in [0, 0.1) is 0 Å². The summed E-state index contributed by atoms with van der Waals surface area (Å²) in [6.45, 7) is 8.41. The Balaban J connectivity index is 0.00000361. The number of halogens is 1. The number of methoxy groups -OCH3 is 1. The van der Waals surface area contributed by atoms with Crippen molar-refractivity contribution in [3.05, 3.63) is 0 Å². The van der Waals surface area contributed by atoms with Crippen molar-refractivity contribution >= 4 is 29.9 Å². The molecule has 0 amide bonds. The molecule has 1 aliphatic rings. The van der Waals surface area contributed by atoms with Gasteiger partial charge in [-0.3, -0.25) is 9.89 Å². The Bertz CT molecular complexity index is 261. The van der Waals surface area contributed by atoms with Crippen LogP contribution in [-0.2, 0) is 9.47 Å². The molecule has 0 aromatic rings. The third-order valence-corrected chi connectivity index (χ3v) is 3.08. The monoisotopic (exact) mass is 400 g/mol. The topological polar surface area (TPSA) is 72.1 Å². The van der Waals surface area contributed by atoms with E-state index < -0.39 is 0 Å². The van der Waals surface area contributed by atoms with Gasteiger partial charge in [-0.05, 0) is 26.3 Å². The number of nitrogens with one attached hydrogen (secondary N) is 1. The molecule has 0 aliphatic carbocycles. The standard InChI is InChI=1S/C13H28N4O2.HI/c1-12(11-18-2)16-13(14)15-5-3-4-6-17-7-9-19-10-8-17;/h12H,3-11H2,1-2H3,(H3,14,15,16);1H. The van der Waals surface area contributed by atoms with Gasteiger partial charge in [-0.1, -0.05) is 0 Å². The average Bonchev–Trinajstić information content (AvgIpc) is 2.39. The van der Waals surface area contributed by atoms with E-state index in [1.165, 1.54) is 0 Å². The quantitative estimate of drug-likeness (QED) is 0.271. The molecule has 1 aliphatic heterocycles. The minimum absolute atomic E-state index is 0. The molecule has 1 saturated heterocycles. The number of ether oxygens (including phenoxy) is 2. The second kappa shape index (κ2) is 12.6. The van der Waals surface area contributed by atoms with Crippen molar-refractivity contribution in [3.63, 3.8) is 0 Å². The predicted molar refractivity (Wildman–Crippen MR) is 92.9 cm³/mol. The summed E-state index contributed by atoms with van der Waals surface area (Å²) in [5.74, 6) is 0.510. The fourth-order valence-electron chi connectivity index (χ4n) is 2.06. The van der Waals surface area contributed by atoms with Gasteiger partial charge >= 0.3 is 0 Å². The molecule has 7 heteroatoms. The van der Waals surface area contributed by atoms with Crippen LogP contribution in [0.15, 0.2) is 4.99 Å². The second-order valence-corrected chi connectivity index (χ2v) is 4.93. The van der Waals surface area contributed by atoms with Gasteiger partial charge < -0.3 is 20.5 Å². The van der Waals surface area contributed by atoms with Crippen molar-refractivity contribution in [2.45, 2.75) is 25.8 Å². The van der Waals surface area contributed by atoms with Crippen LogP contribution in [0.3, 0.4) is 0 Å². The Labute approximate surface area is 139 Å². The molecule has 1 unspecified atom stereocenters. The first-order valence-electron chi connectivity index (χ1n) is 7.08. The highest BCUT2D eigenvalue weighted by atomic mass is 127. The molecule has 0 bridgehead atoms. The van der Waals surface area contributed by atoms with Crippen molar-refractivity contribution in [2.75, 3.05) is 53.1 Å². The summed E-state index contributed by atoms with van der Waals surface area (Å²) in [6, 6.07) is 0.196. The number of morpholine rings is 1. The first-order valence-corrected chi connectivity index (χ1v) is 7.08. The summed E-state index contributed by atoms with van der Waals surface area (Å²) < 4.78 is 10.3. The highest BCUT2D eigenvalue weighted by Crippen LogP contribution is 2.00. The molecule has 6 nitrogen and oxygen atoms in total. The van der Waals surface area contributed by atoms with Gasteiger partial charge in [0.2, 0.25) is 0 Å². The van der Waals surface area contributed by atoms with Gasteiger partial charge in [0, 0.05) is 32.8 Å². The molecule has 120 valence electrons. The van der Waals surface area contributed by atoms with Crippen LogP contribution in [0.25, 0.3) is 0 Å². The summed E-state index contributed by atoms with van der Waals surface area (Å²) in [5, 5.41) is 3.10. The fourth-order valence-corrected chi connectivity index (χ4v) is 2.06. The second-order valence-electron chi connectivity index (χ2n) is 4.93. The molecule has 20 heavy (non-hydrogen) atoms. The van der Waals surface area contributed by atoms with Crippen LogP contribution < -0.4 is 11.1 Å². The van der Waals surface area contributed by atoms with Crippen molar-refractivity contribution < 1.29 is 9.47 Å². The van der Waals surface area contributed by atoms with Crippen LogP contribution in [0.2, 0.25) is 0 Å². The van der Waals surface area contributed by atoms with Crippen molar-refractivity contribution in [2.24, 2.45) is 10.7 Å². The lowest BCUT2D eigenvalue weighted by molar-refractivity contribution is 0.0373. The van der Waals surface area contributed by atoms with Gasteiger partial charge in [-0.25, -0.2) is 0 Å².